The molecule has 2 rings (SSSR count). The van der Waals surface area contributed by atoms with E-state index in [9.17, 15) is 0 Å². The van der Waals surface area contributed by atoms with Gasteiger partial charge in [-0.3, -0.25) is 4.40 Å². The van der Waals surface area contributed by atoms with Crippen LogP contribution < -0.4 is 0 Å². The Balaban J connectivity index is 2.87. The maximum absolute atomic E-state index is 5.82. The van der Waals surface area contributed by atoms with Gasteiger partial charge in [-0.2, -0.15) is 0 Å². The summed E-state index contributed by atoms with van der Waals surface area (Å²) in [5.74, 6) is 0. The summed E-state index contributed by atoms with van der Waals surface area (Å²) < 4.78 is 3.15. The van der Waals surface area contributed by atoms with Crippen LogP contribution in [0.25, 0.3) is 5.65 Å². The van der Waals surface area contributed by atoms with Crippen molar-refractivity contribution < 1.29 is 0 Å². The molecule has 0 aliphatic heterocycles. The topological polar surface area (TPSA) is 17.3 Å². The number of fused-ring (bicyclic) bond motifs is 1. The summed E-state index contributed by atoms with van der Waals surface area (Å²) in [6.45, 7) is 1.99. The van der Waals surface area contributed by atoms with Gasteiger partial charge in [0.05, 0.1) is 5.69 Å². The number of nitrogens with zero attached hydrogens (tertiary/aromatic N) is 2. The molecular formula is C8H6ClIN2. The number of rotatable bonds is 0. The maximum Gasteiger partial charge on any atom is 0.139 e. The third-order valence-corrected chi connectivity index (χ3v) is 3.22. The van der Waals surface area contributed by atoms with Gasteiger partial charge in [-0.1, -0.05) is 11.6 Å². The number of aromatic nitrogens is 2. The van der Waals surface area contributed by atoms with Crippen molar-refractivity contribution in [1.82, 2.24) is 9.38 Å². The van der Waals surface area contributed by atoms with Crippen LogP contribution >= 0.6 is 34.2 Å². The monoisotopic (exact) mass is 292 g/mol. The Kier molecular flexibility index (Phi) is 2.00. The average Bonchev–Trinajstić information content (AvgIpc) is 2.28. The fraction of sp³-hybridized carbons (Fsp3) is 0.125. The lowest BCUT2D eigenvalue weighted by atomic mass is 10.5. The minimum atomic E-state index is 0.726. The lowest BCUT2D eigenvalue weighted by Crippen LogP contribution is -1.85. The molecule has 0 aromatic carbocycles. The molecule has 2 aromatic heterocycles. The van der Waals surface area contributed by atoms with Gasteiger partial charge in [-0.15, -0.1) is 0 Å². The van der Waals surface area contributed by atoms with E-state index >= 15 is 0 Å². The van der Waals surface area contributed by atoms with E-state index < -0.39 is 0 Å². The molecule has 0 atom stereocenters. The van der Waals surface area contributed by atoms with Gasteiger partial charge in [-0.25, -0.2) is 4.98 Å². The molecule has 0 spiro atoms. The molecule has 0 radical (unpaired) electrons. The molecule has 0 aliphatic carbocycles. The van der Waals surface area contributed by atoms with Gasteiger partial charge >= 0.3 is 0 Å². The van der Waals surface area contributed by atoms with Crippen LogP contribution in [0, 0.1) is 10.6 Å². The van der Waals surface area contributed by atoms with E-state index in [1.165, 1.54) is 0 Å². The number of pyridine rings is 1. The standard InChI is InChI=1S/C8H6ClIN2/c1-5-8(10)12-3-2-6(9)4-7(12)11-5/h2-4H,1H3. The Morgan fingerprint density at radius 2 is 2.33 bits per heavy atom. The van der Waals surface area contributed by atoms with E-state index in [4.69, 9.17) is 11.6 Å². The first-order valence-electron chi connectivity index (χ1n) is 3.48. The van der Waals surface area contributed by atoms with Crippen molar-refractivity contribution >= 4 is 39.8 Å². The highest BCUT2D eigenvalue weighted by Crippen LogP contribution is 2.17. The molecule has 0 bridgehead atoms. The molecule has 0 aliphatic rings. The van der Waals surface area contributed by atoms with Crippen LogP contribution in [0.3, 0.4) is 0 Å². The molecule has 0 unspecified atom stereocenters. The summed E-state index contributed by atoms with van der Waals surface area (Å²) in [7, 11) is 0. The molecule has 4 heteroatoms. The Hall–Kier alpha value is -0.290. The lowest BCUT2D eigenvalue weighted by Gasteiger charge is -1.94. The van der Waals surface area contributed by atoms with Crippen LogP contribution in [0.15, 0.2) is 18.3 Å². The highest BCUT2D eigenvalue weighted by atomic mass is 127. The first-order valence-corrected chi connectivity index (χ1v) is 4.94. The minimum Gasteiger partial charge on any atom is -0.295 e. The number of halogens is 2. The van der Waals surface area contributed by atoms with E-state index in [0.717, 1.165) is 20.1 Å². The molecule has 0 amide bonds. The number of imidazole rings is 1. The second-order valence-corrected chi connectivity index (χ2v) is 4.02. The van der Waals surface area contributed by atoms with Crippen LogP contribution in [-0.2, 0) is 0 Å². The van der Waals surface area contributed by atoms with Gasteiger partial charge in [0, 0.05) is 17.3 Å². The van der Waals surface area contributed by atoms with Crippen molar-refractivity contribution in [2.45, 2.75) is 6.92 Å². The van der Waals surface area contributed by atoms with Crippen molar-refractivity contribution in [3.8, 4) is 0 Å². The number of aryl methyl sites for hydroxylation is 1. The van der Waals surface area contributed by atoms with E-state index in [1.54, 1.807) is 0 Å². The molecular weight excluding hydrogens is 286 g/mol. The first kappa shape index (κ1) is 8.31. The van der Waals surface area contributed by atoms with E-state index in [2.05, 4.69) is 27.6 Å². The fourth-order valence-corrected chi connectivity index (χ4v) is 1.79. The van der Waals surface area contributed by atoms with Crippen LogP contribution in [-0.4, -0.2) is 9.38 Å². The van der Waals surface area contributed by atoms with Crippen LogP contribution in [0.2, 0.25) is 5.02 Å². The summed E-state index contributed by atoms with van der Waals surface area (Å²) in [5.41, 5.74) is 1.95. The molecule has 2 nitrogen and oxygen atoms in total. The molecule has 12 heavy (non-hydrogen) atoms. The van der Waals surface area contributed by atoms with Crippen molar-refractivity contribution in [2.75, 3.05) is 0 Å². The molecule has 0 N–H and O–H groups in total. The van der Waals surface area contributed by atoms with E-state index in [0.29, 0.717) is 0 Å². The van der Waals surface area contributed by atoms with Gasteiger partial charge in [0.25, 0.3) is 0 Å². The summed E-state index contributed by atoms with van der Waals surface area (Å²) in [5, 5.41) is 0.726. The zero-order valence-corrected chi connectivity index (χ0v) is 9.30. The Labute approximate surface area is 88.7 Å². The van der Waals surface area contributed by atoms with Gasteiger partial charge in [0.15, 0.2) is 0 Å². The SMILES string of the molecule is Cc1nc2cc(Cl)ccn2c1I. The zero-order valence-electron chi connectivity index (χ0n) is 6.38. The normalized spacial score (nSPS) is 10.9. The Morgan fingerprint density at radius 3 is 3.08 bits per heavy atom. The maximum atomic E-state index is 5.82. The molecule has 0 saturated heterocycles. The van der Waals surface area contributed by atoms with Crippen LogP contribution in [0.1, 0.15) is 5.69 Å². The fourth-order valence-electron chi connectivity index (χ4n) is 1.11. The highest BCUT2D eigenvalue weighted by Gasteiger charge is 2.04. The van der Waals surface area contributed by atoms with Crippen molar-refractivity contribution in [2.24, 2.45) is 0 Å². The quantitative estimate of drug-likeness (QED) is 0.683. The lowest BCUT2D eigenvalue weighted by molar-refractivity contribution is 1.14. The van der Waals surface area contributed by atoms with Gasteiger partial charge in [-0.05, 0) is 35.6 Å². The molecule has 0 fully saturated rings. The van der Waals surface area contributed by atoms with Gasteiger partial charge in [0.2, 0.25) is 0 Å². The third kappa shape index (κ3) is 1.21. The molecule has 62 valence electrons. The molecule has 2 heterocycles. The van der Waals surface area contributed by atoms with Gasteiger partial charge < -0.3 is 0 Å². The zero-order chi connectivity index (χ0) is 8.72. The highest BCUT2D eigenvalue weighted by molar-refractivity contribution is 14.1. The second-order valence-electron chi connectivity index (χ2n) is 2.56. The second kappa shape index (κ2) is 2.88. The summed E-state index contributed by atoms with van der Waals surface area (Å²) in [6, 6.07) is 3.72. The predicted molar refractivity (Wildman–Crippen MR) is 57.7 cm³/mol. The first-order chi connectivity index (χ1) is 5.68. The van der Waals surface area contributed by atoms with Crippen molar-refractivity contribution in [1.29, 1.82) is 0 Å². The third-order valence-electron chi connectivity index (χ3n) is 1.69. The molecule has 2 aromatic rings. The van der Waals surface area contributed by atoms with Gasteiger partial charge in [0.1, 0.15) is 9.35 Å². The van der Waals surface area contributed by atoms with Crippen molar-refractivity contribution in [3.63, 3.8) is 0 Å². The predicted octanol–water partition coefficient (Wildman–Crippen LogP) is 2.90. The summed E-state index contributed by atoms with van der Waals surface area (Å²) in [4.78, 5) is 4.34. The van der Waals surface area contributed by atoms with Crippen molar-refractivity contribution in [3.05, 3.63) is 32.7 Å². The smallest absolute Gasteiger partial charge is 0.139 e. The Bertz CT molecular complexity index is 436. The van der Waals surface area contributed by atoms with E-state index in [1.807, 2.05) is 29.7 Å². The summed E-state index contributed by atoms with van der Waals surface area (Å²) >= 11 is 8.09. The number of hydrogen-bond donors (Lipinski definition) is 0. The minimum absolute atomic E-state index is 0.726. The van der Waals surface area contributed by atoms with Crippen LogP contribution in [0.5, 0.6) is 0 Å². The largest absolute Gasteiger partial charge is 0.295 e. The number of hydrogen-bond acceptors (Lipinski definition) is 1. The summed E-state index contributed by atoms with van der Waals surface area (Å²) in [6.07, 6.45) is 1.93. The average molecular weight is 293 g/mol. The molecule has 0 saturated carbocycles. The van der Waals surface area contributed by atoms with E-state index in [-0.39, 0.29) is 0 Å². The Morgan fingerprint density at radius 1 is 1.58 bits per heavy atom. The van der Waals surface area contributed by atoms with Crippen LogP contribution in [0.4, 0.5) is 0 Å².